The summed E-state index contributed by atoms with van der Waals surface area (Å²) in [4.78, 5) is 0. The van der Waals surface area contributed by atoms with E-state index < -0.39 is 0 Å². The second kappa shape index (κ2) is 6.20. The summed E-state index contributed by atoms with van der Waals surface area (Å²) in [6.45, 7) is 0.930. The van der Waals surface area contributed by atoms with Crippen molar-refractivity contribution < 1.29 is 0 Å². The molecule has 3 rings (SSSR count). The fraction of sp³-hybridized carbons (Fsp3) is 0.438. The fourth-order valence-corrected chi connectivity index (χ4v) is 2.77. The van der Waals surface area contributed by atoms with E-state index in [0.29, 0.717) is 12.1 Å². The standard InChI is InChI=1S/C16H22N4/c17-14-4-6-15(7-5-14)18-12-13-2-8-16(9-3-13)20-11-1-10-19-20/h1-3,8-11,14-15,18H,4-7,12,17H2. The van der Waals surface area contributed by atoms with Gasteiger partial charge in [-0.1, -0.05) is 12.1 Å². The monoisotopic (exact) mass is 270 g/mol. The van der Waals surface area contributed by atoms with Gasteiger partial charge in [-0.15, -0.1) is 0 Å². The lowest BCUT2D eigenvalue weighted by atomic mass is 9.92. The number of hydrogen-bond donors (Lipinski definition) is 2. The Morgan fingerprint density at radius 3 is 2.55 bits per heavy atom. The van der Waals surface area contributed by atoms with E-state index >= 15 is 0 Å². The summed E-state index contributed by atoms with van der Waals surface area (Å²) in [5.74, 6) is 0. The van der Waals surface area contributed by atoms with Crippen molar-refractivity contribution in [3.8, 4) is 5.69 Å². The van der Waals surface area contributed by atoms with Crippen LogP contribution in [0.1, 0.15) is 31.2 Å². The average molecular weight is 270 g/mol. The molecule has 1 aliphatic carbocycles. The average Bonchev–Trinajstić information content (AvgIpc) is 3.01. The molecule has 1 aromatic carbocycles. The summed E-state index contributed by atoms with van der Waals surface area (Å²) in [7, 11) is 0. The third-order valence-electron chi connectivity index (χ3n) is 4.07. The molecule has 1 fully saturated rings. The van der Waals surface area contributed by atoms with E-state index in [1.165, 1.54) is 18.4 Å². The van der Waals surface area contributed by atoms with Crippen molar-refractivity contribution in [2.75, 3.05) is 0 Å². The van der Waals surface area contributed by atoms with Crippen molar-refractivity contribution in [2.24, 2.45) is 5.73 Å². The molecule has 4 heteroatoms. The third-order valence-corrected chi connectivity index (χ3v) is 4.07. The summed E-state index contributed by atoms with van der Waals surface area (Å²) in [5, 5.41) is 7.87. The van der Waals surface area contributed by atoms with Crippen LogP contribution in [-0.2, 0) is 6.54 Å². The van der Waals surface area contributed by atoms with Gasteiger partial charge < -0.3 is 11.1 Å². The number of nitrogens with two attached hydrogens (primary N) is 1. The number of nitrogens with zero attached hydrogens (tertiary/aromatic N) is 2. The molecule has 0 saturated heterocycles. The van der Waals surface area contributed by atoms with E-state index in [1.54, 1.807) is 6.20 Å². The van der Waals surface area contributed by atoms with Crippen molar-refractivity contribution in [1.82, 2.24) is 15.1 Å². The number of benzene rings is 1. The van der Waals surface area contributed by atoms with Gasteiger partial charge in [-0.2, -0.15) is 5.10 Å². The van der Waals surface area contributed by atoms with Gasteiger partial charge in [0.05, 0.1) is 5.69 Å². The molecule has 0 aliphatic heterocycles. The lowest BCUT2D eigenvalue weighted by Gasteiger charge is -2.27. The minimum absolute atomic E-state index is 0.418. The Bertz CT molecular complexity index is 510. The van der Waals surface area contributed by atoms with Crippen molar-refractivity contribution in [3.05, 3.63) is 48.3 Å². The summed E-state index contributed by atoms with van der Waals surface area (Å²) >= 11 is 0. The highest BCUT2D eigenvalue weighted by Crippen LogP contribution is 2.17. The first kappa shape index (κ1) is 13.3. The van der Waals surface area contributed by atoms with Gasteiger partial charge >= 0.3 is 0 Å². The highest BCUT2D eigenvalue weighted by Gasteiger charge is 2.17. The van der Waals surface area contributed by atoms with E-state index in [4.69, 9.17) is 5.73 Å². The Hall–Kier alpha value is -1.65. The zero-order chi connectivity index (χ0) is 13.8. The van der Waals surface area contributed by atoms with Crippen molar-refractivity contribution in [1.29, 1.82) is 0 Å². The molecule has 0 spiro atoms. The molecular formula is C16H22N4. The normalized spacial score (nSPS) is 22.9. The van der Waals surface area contributed by atoms with Gasteiger partial charge in [0.15, 0.2) is 0 Å². The van der Waals surface area contributed by atoms with Crippen LogP contribution in [0.5, 0.6) is 0 Å². The molecule has 1 aromatic heterocycles. The van der Waals surface area contributed by atoms with Crippen LogP contribution >= 0.6 is 0 Å². The Morgan fingerprint density at radius 1 is 1.15 bits per heavy atom. The molecule has 0 radical (unpaired) electrons. The molecule has 106 valence electrons. The van der Waals surface area contributed by atoms with Crippen LogP contribution in [0.15, 0.2) is 42.7 Å². The Labute approximate surface area is 120 Å². The van der Waals surface area contributed by atoms with Crippen LogP contribution in [0, 0.1) is 0 Å². The van der Waals surface area contributed by atoms with Crippen molar-refractivity contribution in [2.45, 2.75) is 44.3 Å². The number of hydrogen-bond acceptors (Lipinski definition) is 3. The second-order valence-electron chi connectivity index (χ2n) is 5.61. The molecule has 3 N–H and O–H groups in total. The van der Waals surface area contributed by atoms with E-state index in [2.05, 4.69) is 34.7 Å². The van der Waals surface area contributed by atoms with Gasteiger partial charge in [-0.05, 0) is 49.4 Å². The summed E-state index contributed by atoms with van der Waals surface area (Å²) in [5.41, 5.74) is 8.35. The van der Waals surface area contributed by atoms with E-state index in [-0.39, 0.29) is 0 Å². The van der Waals surface area contributed by atoms with Gasteiger partial charge in [0, 0.05) is 31.0 Å². The van der Waals surface area contributed by atoms with Crippen LogP contribution < -0.4 is 11.1 Å². The van der Waals surface area contributed by atoms with Crippen LogP contribution in [0.3, 0.4) is 0 Å². The first-order valence-electron chi connectivity index (χ1n) is 7.39. The summed E-state index contributed by atoms with van der Waals surface area (Å²) in [6.07, 6.45) is 8.45. The molecule has 2 aromatic rings. The molecule has 20 heavy (non-hydrogen) atoms. The molecule has 0 atom stereocenters. The molecule has 0 bridgehead atoms. The van der Waals surface area contributed by atoms with Gasteiger partial charge in [0.2, 0.25) is 0 Å². The Morgan fingerprint density at radius 2 is 1.90 bits per heavy atom. The SMILES string of the molecule is NC1CCC(NCc2ccc(-n3cccn3)cc2)CC1. The van der Waals surface area contributed by atoms with Gasteiger partial charge in [-0.3, -0.25) is 0 Å². The minimum atomic E-state index is 0.418. The summed E-state index contributed by atoms with van der Waals surface area (Å²) in [6, 6.07) is 11.5. The zero-order valence-electron chi connectivity index (χ0n) is 11.7. The Balaban J connectivity index is 1.53. The minimum Gasteiger partial charge on any atom is -0.328 e. The zero-order valence-corrected chi connectivity index (χ0v) is 11.7. The van der Waals surface area contributed by atoms with Crippen LogP contribution in [0.25, 0.3) is 5.69 Å². The van der Waals surface area contributed by atoms with Crippen molar-refractivity contribution in [3.63, 3.8) is 0 Å². The quantitative estimate of drug-likeness (QED) is 0.895. The Kier molecular flexibility index (Phi) is 4.14. The predicted octanol–water partition coefficient (Wildman–Crippen LogP) is 2.23. The van der Waals surface area contributed by atoms with E-state index in [0.717, 1.165) is 25.1 Å². The second-order valence-corrected chi connectivity index (χ2v) is 5.61. The molecule has 1 saturated carbocycles. The van der Waals surface area contributed by atoms with Crippen LogP contribution in [0.2, 0.25) is 0 Å². The number of rotatable bonds is 4. The maximum atomic E-state index is 5.93. The lowest BCUT2D eigenvalue weighted by molar-refractivity contribution is 0.342. The van der Waals surface area contributed by atoms with Crippen LogP contribution in [-0.4, -0.2) is 21.9 Å². The van der Waals surface area contributed by atoms with Crippen molar-refractivity contribution >= 4 is 0 Å². The first-order chi connectivity index (χ1) is 9.81. The highest BCUT2D eigenvalue weighted by atomic mass is 15.3. The van der Waals surface area contributed by atoms with Gasteiger partial charge in [-0.25, -0.2) is 4.68 Å². The fourth-order valence-electron chi connectivity index (χ4n) is 2.77. The smallest absolute Gasteiger partial charge is 0.0645 e. The molecule has 1 heterocycles. The molecular weight excluding hydrogens is 248 g/mol. The number of aromatic nitrogens is 2. The number of nitrogens with one attached hydrogen (secondary N) is 1. The molecule has 0 unspecified atom stereocenters. The topological polar surface area (TPSA) is 55.9 Å². The third kappa shape index (κ3) is 3.26. The van der Waals surface area contributed by atoms with E-state index in [9.17, 15) is 0 Å². The van der Waals surface area contributed by atoms with Gasteiger partial charge in [0.1, 0.15) is 0 Å². The largest absolute Gasteiger partial charge is 0.328 e. The molecule has 4 nitrogen and oxygen atoms in total. The van der Waals surface area contributed by atoms with E-state index in [1.807, 2.05) is 16.9 Å². The maximum Gasteiger partial charge on any atom is 0.0645 e. The summed E-state index contributed by atoms with van der Waals surface area (Å²) < 4.78 is 1.87. The molecule has 0 amide bonds. The maximum absolute atomic E-state index is 5.93. The molecule has 1 aliphatic rings. The predicted molar refractivity (Wildman–Crippen MR) is 80.6 cm³/mol. The lowest BCUT2D eigenvalue weighted by Crippen LogP contribution is -2.37. The van der Waals surface area contributed by atoms with Crippen LogP contribution in [0.4, 0.5) is 0 Å². The first-order valence-corrected chi connectivity index (χ1v) is 7.39. The highest BCUT2D eigenvalue weighted by molar-refractivity contribution is 5.33. The van der Waals surface area contributed by atoms with Gasteiger partial charge in [0.25, 0.3) is 0 Å².